The van der Waals surface area contributed by atoms with Gasteiger partial charge in [0.25, 0.3) is 7.52 Å². The number of hydrogen-bond donors (Lipinski definition) is 0. The highest BCUT2D eigenvalue weighted by molar-refractivity contribution is 14.1. The number of halogens is 1. The Hall–Kier alpha value is 0.840. The molecule has 0 bridgehead atoms. The largest absolute Gasteiger partial charge is 0.307 e. The molecular formula is C8H18IN2O2P. The minimum absolute atomic E-state index is 0.500. The van der Waals surface area contributed by atoms with Gasteiger partial charge >= 0.3 is 0 Å². The molecule has 1 aliphatic rings. The van der Waals surface area contributed by atoms with Crippen LogP contribution in [0.25, 0.3) is 0 Å². The molecule has 0 aromatic carbocycles. The highest BCUT2D eigenvalue weighted by Crippen LogP contribution is 2.47. The van der Waals surface area contributed by atoms with Gasteiger partial charge in [-0.1, -0.05) is 29.5 Å². The molecule has 1 saturated heterocycles. The maximum absolute atomic E-state index is 12.0. The minimum atomic E-state index is -2.51. The van der Waals surface area contributed by atoms with Crippen LogP contribution < -0.4 is 0 Å². The molecule has 0 aromatic heterocycles. The van der Waals surface area contributed by atoms with E-state index in [4.69, 9.17) is 4.52 Å². The van der Waals surface area contributed by atoms with Crippen LogP contribution in [0.1, 0.15) is 6.92 Å². The number of likely N-dealkylation sites (N-methyl/N-ethyl adjacent to an activating group) is 1. The van der Waals surface area contributed by atoms with Gasteiger partial charge in [0.05, 0.1) is 0 Å². The van der Waals surface area contributed by atoms with E-state index in [0.29, 0.717) is 4.61 Å². The zero-order chi connectivity index (χ0) is 10.6. The Morgan fingerprint density at radius 1 is 1.36 bits per heavy atom. The molecule has 1 unspecified atom stereocenters. The normalized spacial score (nSPS) is 24.8. The van der Waals surface area contributed by atoms with Crippen molar-refractivity contribution in [2.24, 2.45) is 0 Å². The lowest BCUT2D eigenvalue weighted by Gasteiger charge is -2.36. The van der Waals surface area contributed by atoms with Gasteiger partial charge in [-0.3, -0.25) is 4.57 Å². The lowest BCUT2D eigenvalue weighted by molar-refractivity contribution is 0.180. The summed E-state index contributed by atoms with van der Waals surface area (Å²) in [5, 5.41) is 0. The molecule has 1 rings (SSSR count). The first-order valence-corrected chi connectivity index (χ1v) is 8.41. The second-order valence-electron chi connectivity index (χ2n) is 3.43. The molecule has 0 radical (unpaired) electrons. The van der Waals surface area contributed by atoms with E-state index in [-0.39, 0.29) is 0 Å². The topological polar surface area (TPSA) is 32.8 Å². The Kier molecular flexibility index (Phi) is 5.34. The molecule has 1 heterocycles. The first-order chi connectivity index (χ1) is 6.60. The first-order valence-electron chi connectivity index (χ1n) is 4.86. The van der Waals surface area contributed by atoms with Gasteiger partial charge < -0.3 is 9.42 Å². The van der Waals surface area contributed by atoms with E-state index in [1.807, 2.05) is 4.67 Å². The zero-order valence-electron chi connectivity index (χ0n) is 8.78. The van der Waals surface area contributed by atoms with Gasteiger partial charge in [0.15, 0.2) is 0 Å². The SMILES string of the molecule is CCN1CCN(P(C)(=O)OCI)CC1. The van der Waals surface area contributed by atoms with E-state index in [0.717, 1.165) is 32.7 Å². The Morgan fingerprint density at radius 3 is 2.36 bits per heavy atom. The molecule has 0 spiro atoms. The van der Waals surface area contributed by atoms with Gasteiger partial charge in [0.1, 0.15) is 4.61 Å². The van der Waals surface area contributed by atoms with Crippen molar-refractivity contribution in [1.29, 1.82) is 0 Å². The molecule has 84 valence electrons. The van der Waals surface area contributed by atoms with Crippen molar-refractivity contribution < 1.29 is 9.09 Å². The van der Waals surface area contributed by atoms with Crippen LogP contribution in [0.5, 0.6) is 0 Å². The highest BCUT2D eigenvalue weighted by atomic mass is 127. The average molecular weight is 332 g/mol. The second kappa shape index (κ2) is 5.80. The van der Waals surface area contributed by atoms with Crippen molar-refractivity contribution >= 4 is 30.1 Å². The fourth-order valence-electron chi connectivity index (χ4n) is 1.59. The maximum atomic E-state index is 12.0. The highest BCUT2D eigenvalue weighted by Gasteiger charge is 2.28. The number of hydrogen-bond acceptors (Lipinski definition) is 3. The summed E-state index contributed by atoms with van der Waals surface area (Å²) in [6, 6.07) is 0. The van der Waals surface area contributed by atoms with Gasteiger partial charge in [0, 0.05) is 32.8 Å². The smallest absolute Gasteiger partial charge is 0.270 e. The van der Waals surface area contributed by atoms with Crippen LogP contribution in [0.3, 0.4) is 0 Å². The van der Waals surface area contributed by atoms with Crippen LogP contribution in [0.15, 0.2) is 0 Å². The van der Waals surface area contributed by atoms with Gasteiger partial charge in [-0.05, 0) is 6.54 Å². The Labute approximate surface area is 99.6 Å². The fourth-order valence-corrected chi connectivity index (χ4v) is 4.39. The molecule has 0 amide bonds. The first kappa shape index (κ1) is 12.9. The maximum Gasteiger partial charge on any atom is 0.270 e. The van der Waals surface area contributed by atoms with Crippen LogP contribution in [0.4, 0.5) is 0 Å². The lowest BCUT2D eigenvalue weighted by Crippen LogP contribution is -2.44. The molecule has 4 nitrogen and oxygen atoms in total. The molecule has 1 fully saturated rings. The number of rotatable bonds is 4. The molecule has 6 heteroatoms. The lowest BCUT2D eigenvalue weighted by atomic mass is 10.4. The molecule has 0 saturated carbocycles. The monoisotopic (exact) mass is 332 g/mol. The van der Waals surface area contributed by atoms with E-state index in [2.05, 4.69) is 34.4 Å². The summed E-state index contributed by atoms with van der Waals surface area (Å²) in [5.41, 5.74) is 0. The van der Waals surface area contributed by atoms with Crippen molar-refractivity contribution in [3.8, 4) is 0 Å². The molecule has 0 aliphatic carbocycles. The molecular weight excluding hydrogens is 314 g/mol. The standard InChI is InChI=1S/C8H18IN2O2P/c1-3-10-4-6-11(7-5-10)14(2,12)13-8-9/h3-8H2,1-2H3. The van der Waals surface area contributed by atoms with Crippen molar-refractivity contribution in [2.75, 3.05) is 44.0 Å². The van der Waals surface area contributed by atoms with Crippen molar-refractivity contribution in [3.63, 3.8) is 0 Å². The van der Waals surface area contributed by atoms with Gasteiger partial charge in [-0.25, -0.2) is 4.67 Å². The summed E-state index contributed by atoms with van der Waals surface area (Å²) in [6.07, 6.45) is 0. The molecule has 0 aromatic rings. The molecule has 0 N–H and O–H groups in total. The summed E-state index contributed by atoms with van der Waals surface area (Å²) in [5.74, 6) is 0. The predicted molar refractivity (Wildman–Crippen MR) is 67.2 cm³/mol. The van der Waals surface area contributed by atoms with Crippen LogP contribution in [-0.4, -0.2) is 53.6 Å². The van der Waals surface area contributed by atoms with E-state index in [1.54, 1.807) is 6.66 Å². The van der Waals surface area contributed by atoms with Crippen molar-refractivity contribution in [1.82, 2.24) is 9.57 Å². The van der Waals surface area contributed by atoms with E-state index >= 15 is 0 Å². The van der Waals surface area contributed by atoms with Crippen molar-refractivity contribution in [2.45, 2.75) is 6.92 Å². The molecule has 1 atom stereocenters. The van der Waals surface area contributed by atoms with E-state index < -0.39 is 7.52 Å². The minimum Gasteiger partial charge on any atom is -0.307 e. The van der Waals surface area contributed by atoms with Crippen molar-refractivity contribution in [3.05, 3.63) is 0 Å². The van der Waals surface area contributed by atoms with Gasteiger partial charge in [-0.2, -0.15) is 0 Å². The van der Waals surface area contributed by atoms with Gasteiger partial charge in [0.2, 0.25) is 0 Å². The fraction of sp³-hybridized carbons (Fsp3) is 1.00. The van der Waals surface area contributed by atoms with Crippen LogP contribution in [0, 0.1) is 0 Å². The number of nitrogens with zero attached hydrogens (tertiary/aromatic N) is 2. The molecule has 14 heavy (non-hydrogen) atoms. The summed E-state index contributed by atoms with van der Waals surface area (Å²) < 4.78 is 19.8. The summed E-state index contributed by atoms with van der Waals surface area (Å²) in [7, 11) is -2.51. The summed E-state index contributed by atoms with van der Waals surface area (Å²) in [6.45, 7) is 8.67. The summed E-state index contributed by atoms with van der Waals surface area (Å²) >= 11 is 2.09. The third-order valence-electron chi connectivity index (χ3n) is 2.60. The Balaban J connectivity index is 2.44. The predicted octanol–water partition coefficient (Wildman–Crippen LogP) is 1.86. The number of alkyl halides is 1. The van der Waals surface area contributed by atoms with Crippen LogP contribution in [-0.2, 0) is 9.09 Å². The third-order valence-corrected chi connectivity index (χ3v) is 5.44. The Morgan fingerprint density at radius 2 is 1.93 bits per heavy atom. The molecule has 1 aliphatic heterocycles. The second-order valence-corrected chi connectivity index (χ2v) is 6.48. The third kappa shape index (κ3) is 3.45. The zero-order valence-corrected chi connectivity index (χ0v) is 11.8. The summed E-state index contributed by atoms with van der Waals surface area (Å²) in [4.78, 5) is 2.36. The van der Waals surface area contributed by atoms with E-state index in [1.165, 1.54) is 0 Å². The Bertz CT molecular complexity index is 219. The van der Waals surface area contributed by atoms with E-state index in [9.17, 15) is 4.57 Å². The van der Waals surface area contributed by atoms with Gasteiger partial charge in [-0.15, -0.1) is 0 Å². The number of piperazine rings is 1. The van der Waals surface area contributed by atoms with Crippen LogP contribution >= 0.6 is 30.1 Å². The average Bonchev–Trinajstić information content (AvgIpc) is 2.18. The quantitative estimate of drug-likeness (QED) is 0.447. The van der Waals surface area contributed by atoms with Crippen LogP contribution in [0.2, 0.25) is 0 Å².